The minimum Gasteiger partial charge on any atom is -0.312 e. The highest BCUT2D eigenvalue weighted by molar-refractivity contribution is 9.10. The number of hydrogen-bond acceptors (Lipinski definition) is 5. The van der Waals surface area contributed by atoms with Crippen molar-refractivity contribution in [1.29, 1.82) is 0 Å². The Morgan fingerprint density at radius 3 is 2.43 bits per heavy atom. The van der Waals surface area contributed by atoms with Crippen molar-refractivity contribution in [3.05, 3.63) is 62.5 Å². The third kappa shape index (κ3) is 4.01. The average Bonchev–Trinajstić information content (AvgIpc) is 3.06. The molecule has 148 valence electrons. The summed E-state index contributed by atoms with van der Waals surface area (Å²) in [5.41, 5.74) is 0.770. The number of fused-ring (bicyclic) bond motifs is 1. The van der Waals surface area contributed by atoms with Crippen LogP contribution in [0.5, 0.6) is 0 Å². The van der Waals surface area contributed by atoms with Crippen molar-refractivity contribution in [3.8, 4) is 0 Å². The molecule has 2 aliphatic heterocycles. The van der Waals surface area contributed by atoms with Crippen molar-refractivity contribution >= 4 is 64.3 Å². The van der Waals surface area contributed by atoms with E-state index >= 15 is 0 Å². The molecular formula is C18H14Br2F2N2O2S2. The highest BCUT2D eigenvalue weighted by Gasteiger charge is 2.47. The monoisotopic (exact) mass is 550 g/mol. The van der Waals surface area contributed by atoms with Gasteiger partial charge in [-0.25, -0.2) is 17.2 Å². The molecule has 0 saturated carbocycles. The van der Waals surface area contributed by atoms with E-state index in [2.05, 4.69) is 36.9 Å². The second-order valence-corrected chi connectivity index (χ2v) is 11.5. The minimum absolute atomic E-state index is 0.0526. The van der Waals surface area contributed by atoms with E-state index in [-0.39, 0.29) is 23.0 Å². The molecule has 28 heavy (non-hydrogen) atoms. The number of aliphatic imine (C=N–C) groups is 1. The molecule has 2 atom stereocenters. The summed E-state index contributed by atoms with van der Waals surface area (Å²) in [5, 5.41) is 0.508. The Morgan fingerprint density at radius 1 is 1.07 bits per heavy atom. The third-order valence-corrected chi connectivity index (χ3v) is 8.35. The molecule has 1 saturated heterocycles. The molecule has 1 fully saturated rings. The summed E-state index contributed by atoms with van der Waals surface area (Å²) in [4.78, 5) is 6.20. The molecule has 0 amide bonds. The number of rotatable bonds is 3. The van der Waals surface area contributed by atoms with Crippen LogP contribution in [0.4, 0.5) is 14.5 Å². The van der Waals surface area contributed by atoms with Crippen LogP contribution in [0.15, 0.2) is 50.3 Å². The van der Waals surface area contributed by atoms with Crippen LogP contribution >= 0.6 is 43.6 Å². The first-order chi connectivity index (χ1) is 13.2. The second-order valence-electron chi connectivity index (χ2n) is 6.61. The van der Waals surface area contributed by atoms with Crippen LogP contribution in [0.3, 0.4) is 0 Å². The van der Waals surface area contributed by atoms with Gasteiger partial charge < -0.3 is 4.90 Å². The van der Waals surface area contributed by atoms with Gasteiger partial charge in [0.05, 0.1) is 29.3 Å². The van der Waals surface area contributed by atoms with Gasteiger partial charge in [0.2, 0.25) is 0 Å². The van der Waals surface area contributed by atoms with Gasteiger partial charge in [0, 0.05) is 14.7 Å². The molecule has 4 nitrogen and oxygen atoms in total. The number of thioether (sulfide) groups is 1. The summed E-state index contributed by atoms with van der Waals surface area (Å²) in [6.07, 6.45) is 0. The molecule has 10 heteroatoms. The van der Waals surface area contributed by atoms with E-state index in [1.807, 2.05) is 0 Å². The van der Waals surface area contributed by atoms with Crippen LogP contribution < -0.4 is 4.90 Å². The summed E-state index contributed by atoms with van der Waals surface area (Å²) >= 11 is 7.74. The summed E-state index contributed by atoms with van der Waals surface area (Å²) in [6, 6.07) is 8.57. The Morgan fingerprint density at radius 2 is 1.75 bits per heavy atom. The zero-order chi connectivity index (χ0) is 20.1. The van der Waals surface area contributed by atoms with E-state index in [0.717, 1.165) is 0 Å². The number of amidine groups is 1. The fourth-order valence-electron chi connectivity index (χ4n) is 3.37. The van der Waals surface area contributed by atoms with Crippen molar-refractivity contribution in [2.24, 2.45) is 4.99 Å². The molecule has 0 aromatic heterocycles. The lowest BCUT2D eigenvalue weighted by Crippen LogP contribution is -2.39. The van der Waals surface area contributed by atoms with E-state index in [0.29, 0.717) is 25.4 Å². The van der Waals surface area contributed by atoms with E-state index in [1.54, 1.807) is 29.2 Å². The smallest absolute Gasteiger partial charge is 0.164 e. The lowest BCUT2D eigenvalue weighted by molar-refractivity contribution is 0.600. The summed E-state index contributed by atoms with van der Waals surface area (Å²) in [6.45, 7) is 0. The molecule has 0 N–H and O–H groups in total. The highest BCUT2D eigenvalue weighted by atomic mass is 79.9. The highest BCUT2D eigenvalue weighted by Crippen LogP contribution is 2.37. The standard InChI is InChI=1S/C18H14Br2F2N2O2S2/c19-11-2-1-10(13(21)5-11)7-27-18-23-15-8-28(25,26)9-17(15)24(18)16-4-3-12(20)6-14(16)22/h1-6,15,17H,7-9H2. The molecule has 0 bridgehead atoms. The number of nitrogens with zero attached hydrogens (tertiary/aromatic N) is 2. The van der Waals surface area contributed by atoms with Gasteiger partial charge >= 0.3 is 0 Å². The Hall–Kier alpha value is -0.970. The number of halogens is 4. The van der Waals surface area contributed by atoms with Gasteiger partial charge in [-0.2, -0.15) is 0 Å². The van der Waals surface area contributed by atoms with Crippen molar-refractivity contribution in [2.75, 3.05) is 16.4 Å². The fourth-order valence-corrected chi connectivity index (χ4v) is 6.98. The summed E-state index contributed by atoms with van der Waals surface area (Å²) < 4.78 is 54.2. The Labute approximate surface area is 182 Å². The Balaban J connectivity index is 1.65. The van der Waals surface area contributed by atoms with Crippen molar-refractivity contribution < 1.29 is 17.2 Å². The van der Waals surface area contributed by atoms with Gasteiger partial charge in [0.15, 0.2) is 15.0 Å². The van der Waals surface area contributed by atoms with Crippen LogP contribution in [-0.4, -0.2) is 37.2 Å². The van der Waals surface area contributed by atoms with Crippen molar-refractivity contribution in [3.63, 3.8) is 0 Å². The van der Waals surface area contributed by atoms with Gasteiger partial charge in [0.1, 0.15) is 11.6 Å². The maximum Gasteiger partial charge on any atom is 0.164 e. The predicted octanol–water partition coefficient (Wildman–Crippen LogP) is 4.76. The van der Waals surface area contributed by atoms with E-state index in [9.17, 15) is 17.2 Å². The fraction of sp³-hybridized carbons (Fsp3) is 0.278. The predicted molar refractivity (Wildman–Crippen MR) is 116 cm³/mol. The summed E-state index contributed by atoms with van der Waals surface area (Å²) in [5.74, 6) is -0.637. The third-order valence-electron chi connectivity index (χ3n) is 4.65. The van der Waals surface area contributed by atoms with Crippen molar-refractivity contribution in [2.45, 2.75) is 17.8 Å². The number of hydrogen-bond donors (Lipinski definition) is 0. The second kappa shape index (κ2) is 7.70. The van der Waals surface area contributed by atoms with Gasteiger partial charge in [-0.1, -0.05) is 49.7 Å². The molecule has 0 spiro atoms. The first kappa shape index (κ1) is 20.3. The molecule has 2 aromatic carbocycles. The van der Waals surface area contributed by atoms with Crippen LogP contribution in [0.25, 0.3) is 0 Å². The van der Waals surface area contributed by atoms with Crippen LogP contribution in [0.1, 0.15) is 5.56 Å². The molecular weight excluding hydrogens is 538 g/mol. The number of anilines is 1. The molecule has 2 aromatic rings. The summed E-state index contributed by atoms with van der Waals surface area (Å²) in [7, 11) is -3.22. The normalized spacial score (nSPS) is 23.0. The lowest BCUT2D eigenvalue weighted by atomic mass is 10.1. The van der Waals surface area contributed by atoms with Crippen molar-refractivity contribution in [1.82, 2.24) is 0 Å². The molecule has 4 rings (SSSR count). The number of sulfone groups is 1. The van der Waals surface area contributed by atoms with E-state index in [1.165, 1.54) is 23.9 Å². The molecule has 0 aliphatic carbocycles. The minimum atomic E-state index is -3.22. The maximum atomic E-state index is 14.6. The molecule has 2 heterocycles. The molecule has 2 unspecified atom stereocenters. The Bertz CT molecular complexity index is 1080. The average molecular weight is 552 g/mol. The van der Waals surface area contributed by atoms with E-state index < -0.39 is 27.7 Å². The molecule has 0 radical (unpaired) electrons. The number of benzene rings is 2. The van der Waals surface area contributed by atoms with E-state index in [4.69, 9.17) is 0 Å². The van der Waals surface area contributed by atoms with Gasteiger partial charge in [-0.3, -0.25) is 4.99 Å². The first-order valence-corrected chi connectivity index (χ1v) is 12.7. The van der Waals surface area contributed by atoms with Crippen LogP contribution in [0.2, 0.25) is 0 Å². The van der Waals surface area contributed by atoms with Gasteiger partial charge in [0.25, 0.3) is 0 Å². The maximum absolute atomic E-state index is 14.6. The zero-order valence-electron chi connectivity index (χ0n) is 14.3. The van der Waals surface area contributed by atoms with Crippen LogP contribution in [-0.2, 0) is 15.6 Å². The van der Waals surface area contributed by atoms with Crippen LogP contribution in [0, 0.1) is 11.6 Å². The van der Waals surface area contributed by atoms with Gasteiger partial charge in [-0.15, -0.1) is 0 Å². The zero-order valence-corrected chi connectivity index (χ0v) is 19.1. The topological polar surface area (TPSA) is 49.7 Å². The molecule has 2 aliphatic rings. The Kier molecular flexibility index (Phi) is 5.58. The quantitative estimate of drug-likeness (QED) is 0.551. The first-order valence-electron chi connectivity index (χ1n) is 8.33. The largest absolute Gasteiger partial charge is 0.312 e. The lowest BCUT2D eigenvalue weighted by Gasteiger charge is -2.27. The SMILES string of the molecule is O=S1(=O)CC2N=C(SCc3ccc(Br)cc3F)N(c3ccc(Br)cc3F)C2C1. The van der Waals surface area contributed by atoms with Gasteiger partial charge in [-0.05, 0) is 35.9 Å².